The molecule has 10 heavy (non-hydrogen) atoms. The summed E-state index contributed by atoms with van der Waals surface area (Å²) in [6.45, 7) is 5.65. The lowest BCUT2D eigenvalue weighted by atomic mass is 10.1. The molecule has 0 radical (unpaired) electrons. The molecule has 1 heterocycles. The minimum atomic E-state index is 0.658. The van der Waals surface area contributed by atoms with Gasteiger partial charge in [0, 0.05) is 6.04 Å². The lowest BCUT2D eigenvalue weighted by Crippen LogP contribution is -2.28. The van der Waals surface area contributed by atoms with Crippen LogP contribution in [0.5, 0.6) is 0 Å². The van der Waals surface area contributed by atoms with Gasteiger partial charge in [-0.1, -0.05) is 13.8 Å². The second kappa shape index (κ2) is 4.24. The maximum Gasteiger partial charge on any atom is 0.00104 e. The SMILES string of the molecule is CC(C)NCC1CCSC1. The molecule has 1 nitrogen and oxygen atoms in total. The van der Waals surface area contributed by atoms with E-state index in [1.807, 2.05) is 0 Å². The van der Waals surface area contributed by atoms with Gasteiger partial charge in [-0.25, -0.2) is 0 Å². The first-order valence-corrected chi connectivity index (χ1v) is 5.25. The predicted octanol–water partition coefficient (Wildman–Crippen LogP) is 1.74. The number of hydrogen-bond acceptors (Lipinski definition) is 2. The van der Waals surface area contributed by atoms with Crippen LogP contribution >= 0.6 is 11.8 Å². The molecule has 1 saturated heterocycles. The van der Waals surface area contributed by atoms with E-state index in [-0.39, 0.29) is 0 Å². The molecule has 0 spiro atoms. The van der Waals surface area contributed by atoms with E-state index in [0.717, 1.165) is 5.92 Å². The molecule has 0 amide bonds. The fourth-order valence-electron chi connectivity index (χ4n) is 1.15. The van der Waals surface area contributed by atoms with Crippen molar-refractivity contribution >= 4 is 11.8 Å². The van der Waals surface area contributed by atoms with Crippen molar-refractivity contribution in [3.63, 3.8) is 0 Å². The maximum atomic E-state index is 3.47. The molecule has 1 N–H and O–H groups in total. The maximum absolute atomic E-state index is 3.47. The van der Waals surface area contributed by atoms with E-state index in [1.54, 1.807) is 0 Å². The van der Waals surface area contributed by atoms with E-state index in [2.05, 4.69) is 30.9 Å². The molecular formula is C8H17NS. The first-order chi connectivity index (χ1) is 4.79. The summed E-state index contributed by atoms with van der Waals surface area (Å²) in [5.74, 6) is 3.71. The molecule has 1 aliphatic heterocycles. The molecule has 0 aliphatic carbocycles. The van der Waals surface area contributed by atoms with E-state index in [0.29, 0.717) is 6.04 Å². The van der Waals surface area contributed by atoms with Gasteiger partial charge in [-0.15, -0.1) is 0 Å². The van der Waals surface area contributed by atoms with Crippen molar-refractivity contribution in [1.82, 2.24) is 5.32 Å². The van der Waals surface area contributed by atoms with Crippen LogP contribution in [0, 0.1) is 5.92 Å². The van der Waals surface area contributed by atoms with Gasteiger partial charge in [0.15, 0.2) is 0 Å². The molecule has 0 bridgehead atoms. The van der Waals surface area contributed by atoms with Crippen LogP contribution in [-0.2, 0) is 0 Å². The van der Waals surface area contributed by atoms with Crippen molar-refractivity contribution in [2.75, 3.05) is 18.1 Å². The van der Waals surface area contributed by atoms with Crippen molar-refractivity contribution in [2.45, 2.75) is 26.3 Å². The van der Waals surface area contributed by atoms with Gasteiger partial charge in [0.05, 0.1) is 0 Å². The molecule has 1 atom stereocenters. The van der Waals surface area contributed by atoms with E-state index in [9.17, 15) is 0 Å². The molecule has 1 unspecified atom stereocenters. The second-order valence-electron chi connectivity index (χ2n) is 3.29. The van der Waals surface area contributed by atoms with Crippen LogP contribution in [0.3, 0.4) is 0 Å². The van der Waals surface area contributed by atoms with Gasteiger partial charge in [0.2, 0.25) is 0 Å². The van der Waals surface area contributed by atoms with E-state index in [4.69, 9.17) is 0 Å². The van der Waals surface area contributed by atoms with Crippen LogP contribution in [-0.4, -0.2) is 24.1 Å². The Bertz CT molecular complexity index is 87.3. The van der Waals surface area contributed by atoms with Gasteiger partial charge in [-0.2, -0.15) is 11.8 Å². The van der Waals surface area contributed by atoms with Crippen LogP contribution in [0.25, 0.3) is 0 Å². The summed E-state index contributed by atoms with van der Waals surface area (Å²) in [4.78, 5) is 0. The molecule has 1 fully saturated rings. The Morgan fingerprint density at radius 2 is 2.40 bits per heavy atom. The highest BCUT2D eigenvalue weighted by molar-refractivity contribution is 7.99. The summed E-state index contributed by atoms with van der Waals surface area (Å²) in [5, 5.41) is 3.47. The van der Waals surface area contributed by atoms with Gasteiger partial charge in [-0.3, -0.25) is 0 Å². The molecule has 2 heteroatoms. The van der Waals surface area contributed by atoms with Crippen LogP contribution in [0.15, 0.2) is 0 Å². The fraction of sp³-hybridized carbons (Fsp3) is 1.00. The van der Waals surface area contributed by atoms with Crippen LogP contribution in [0.4, 0.5) is 0 Å². The summed E-state index contributed by atoms with van der Waals surface area (Å²) in [7, 11) is 0. The molecule has 1 rings (SSSR count). The number of thioether (sulfide) groups is 1. The number of rotatable bonds is 3. The lowest BCUT2D eigenvalue weighted by Gasteiger charge is -2.11. The van der Waals surface area contributed by atoms with E-state index < -0.39 is 0 Å². The van der Waals surface area contributed by atoms with Crippen molar-refractivity contribution in [3.05, 3.63) is 0 Å². The van der Waals surface area contributed by atoms with Gasteiger partial charge in [-0.05, 0) is 30.4 Å². The van der Waals surface area contributed by atoms with Crippen molar-refractivity contribution < 1.29 is 0 Å². The predicted molar refractivity (Wildman–Crippen MR) is 48.6 cm³/mol. The number of nitrogens with one attached hydrogen (secondary N) is 1. The van der Waals surface area contributed by atoms with Gasteiger partial charge in [0.1, 0.15) is 0 Å². The molecule has 60 valence electrons. The smallest absolute Gasteiger partial charge is 0.00104 e. The standard InChI is InChI=1S/C8H17NS/c1-7(2)9-5-8-3-4-10-6-8/h7-9H,3-6H2,1-2H3. The fourth-order valence-corrected chi connectivity index (χ4v) is 2.43. The van der Waals surface area contributed by atoms with Gasteiger partial charge < -0.3 is 5.32 Å². The lowest BCUT2D eigenvalue weighted by molar-refractivity contribution is 0.485. The van der Waals surface area contributed by atoms with Crippen molar-refractivity contribution in [2.24, 2.45) is 5.92 Å². The normalized spacial score (nSPS) is 26.1. The summed E-state index contributed by atoms with van der Waals surface area (Å²) in [6.07, 6.45) is 1.42. The average molecular weight is 159 g/mol. The first kappa shape index (κ1) is 8.41. The Balaban J connectivity index is 2.01. The third-order valence-electron chi connectivity index (χ3n) is 1.84. The van der Waals surface area contributed by atoms with Crippen LogP contribution in [0.2, 0.25) is 0 Å². The molecule has 0 aromatic carbocycles. The average Bonchev–Trinajstić information content (AvgIpc) is 2.34. The first-order valence-electron chi connectivity index (χ1n) is 4.10. The third-order valence-corrected chi connectivity index (χ3v) is 3.07. The summed E-state index contributed by atoms with van der Waals surface area (Å²) in [6, 6.07) is 0.658. The van der Waals surface area contributed by atoms with E-state index >= 15 is 0 Å². The molecule has 0 saturated carbocycles. The quantitative estimate of drug-likeness (QED) is 0.673. The Morgan fingerprint density at radius 1 is 1.60 bits per heavy atom. The van der Waals surface area contributed by atoms with Crippen molar-refractivity contribution in [3.8, 4) is 0 Å². The summed E-state index contributed by atoms with van der Waals surface area (Å²) in [5.41, 5.74) is 0. The minimum absolute atomic E-state index is 0.658. The highest BCUT2D eigenvalue weighted by Gasteiger charge is 2.14. The molecule has 0 aromatic rings. The highest BCUT2D eigenvalue weighted by Crippen LogP contribution is 2.22. The minimum Gasteiger partial charge on any atom is -0.314 e. The topological polar surface area (TPSA) is 12.0 Å². The molecule has 1 aliphatic rings. The zero-order chi connectivity index (χ0) is 7.40. The summed E-state index contributed by atoms with van der Waals surface area (Å²) < 4.78 is 0. The Kier molecular flexibility index (Phi) is 3.57. The summed E-state index contributed by atoms with van der Waals surface area (Å²) >= 11 is 2.09. The Hall–Kier alpha value is 0.310. The molecule has 0 aromatic heterocycles. The van der Waals surface area contributed by atoms with Gasteiger partial charge >= 0.3 is 0 Å². The van der Waals surface area contributed by atoms with Crippen LogP contribution in [0.1, 0.15) is 20.3 Å². The Morgan fingerprint density at radius 3 is 2.90 bits per heavy atom. The van der Waals surface area contributed by atoms with Crippen LogP contribution < -0.4 is 5.32 Å². The zero-order valence-corrected chi connectivity index (χ0v) is 7.71. The van der Waals surface area contributed by atoms with Crippen molar-refractivity contribution in [1.29, 1.82) is 0 Å². The third kappa shape index (κ3) is 2.93. The van der Waals surface area contributed by atoms with E-state index in [1.165, 1.54) is 24.5 Å². The molecular weight excluding hydrogens is 142 g/mol. The van der Waals surface area contributed by atoms with Gasteiger partial charge in [0.25, 0.3) is 0 Å². The monoisotopic (exact) mass is 159 g/mol. The zero-order valence-electron chi connectivity index (χ0n) is 6.89. The highest BCUT2D eigenvalue weighted by atomic mass is 32.2. The number of hydrogen-bond donors (Lipinski definition) is 1. The Labute approximate surface area is 68.0 Å². The largest absolute Gasteiger partial charge is 0.314 e. The second-order valence-corrected chi connectivity index (χ2v) is 4.44.